The third-order valence-corrected chi connectivity index (χ3v) is 3.27. The molecule has 1 N–H and O–H groups in total. The van der Waals surface area contributed by atoms with E-state index in [9.17, 15) is 5.11 Å². The maximum atomic E-state index is 9.83. The molecule has 1 atom stereocenters. The number of benzene rings is 1. The lowest BCUT2D eigenvalue weighted by Crippen LogP contribution is -1.98. The minimum absolute atomic E-state index is 0.477. The molecule has 1 aromatic rings. The fourth-order valence-corrected chi connectivity index (χ4v) is 2.17. The van der Waals surface area contributed by atoms with E-state index in [-0.39, 0.29) is 0 Å². The van der Waals surface area contributed by atoms with Gasteiger partial charge in [-0.05, 0) is 52.8 Å². The molecule has 0 spiro atoms. The summed E-state index contributed by atoms with van der Waals surface area (Å²) in [4.78, 5) is 0. The van der Waals surface area contributed by atoms with Crippen LogP contribution in [0.1, 0.15) is 24.5 Å². The van der Waals surface area contributed by atoms with Crippen molar-refractivity contribution in [2.75, 3.05) is 0 Å². The lowest BCUT2D eigenvalue weighted by atomic mass is 10.1. The Morgan fingerprint density at radius 2 is 2.29 bits per heavy atom. The van der Waals surface area contributed by atoms with Crippen molar-refractivity contribution in [3.8, 4) is 12.3 Å². The summed E-state index contributed by atoms with van der Waals surface area (Å²) in [5.74, 6) is 2.53. The molecule has 0 saturated heterocycles. The van der Waals surface area contributed by atoms with Crippen LogP contribution in [0.2, 0.25) is 0 Å². The van der Waals surface area contributed by atoms with Crippen LogP contribution < -0.4 is 0 Å². The Labute approximate surface area is 106 Å². The summed E-state index contributed by atoms with van der Waals surface area (Å²) in [5.41, 5.74) is 0.909. The van der Waals surface area contributed by atoms with Gasteiger partial charge in [-0.25, -0.2) is 0 Å². The molecule has 0 fully saturated rings. The van der Waals surface area contributed by atoms with E-state index in [0.717, 1.165) is 13.6 Å². The molecule has 3 heteroatoms. The number of hydrogen-bond acceptors (Lipinski definition) is 1. The zero-order valence-electron chi connectivity index (χ0n) is 7.50. The summed E-state index contributed by atoms with van der Waals surface area (Å²) < 4.78 is 2.04. The van der Waals surface area contributed by atoms with Gasteiger partial charge in [-0.15, -0.1) is 12.3 Å². The highest BCUT2D eigenvalue weighted by molar-refractivity contribution is 14.1. The van der Waals surface area contributed by atoms with Crippen LogP contribution in [0.25, 0.3) is 0 Å². The van der Waals surface area contributed by atoms with E-state index in [0.29, 0.717) is 12.8 Å². The number of hydrogen-bond donors (Lipinski definition) is 1. The summed E-state index contributed by atoms with van der Waals surface area (Å²) in [6, 6.07) is 5.89. The molecule has 0 aliphatic carbocycles. The second-order valence-corrected chi connectivity index (χ2v) is 5.02. The first-order valence-corrected chi connectivity index (χ1v) is 6.09. The Balaban J connectivity index is 2.83. The second-order valence-electron chi connectivity index (χ2n) is 2.92. The van der Waals surface area contributed by atoms with Crippen LogP contribution in [-0.2, 0) is 0 Å². The molecule has 74 valence electrons. The van der Waals surface area contributed by atoms with Crippen molar-refractivity contribution in [1.29, 1.82) is 0 Å². The number of rotatable bonds is 3. The highest BCUT2D eigenvalue weighted by atomic mass is 127. The van der Waals surface area contributed by atoms with E-state index in [1.807, 2.05) is 18.2 Å². The minimum Gasteiger partial charge on any atom is -0.388 e. The number of aliphatic hydroxyl groups excluding tert-OH is 1. The van der Waals surface area contributed by atoms with Gasteiger partial charge < -0.3 is 5.11 Å². The maximum Gasteiger partial charge on any atom is 0.0810 e. The lowest BCUT2D eigenvalue weighted by molar-refractivity contribution is 0.168. The van der Waals surface area contributed by atoms with Crippen LogP contribution >= 0.6 is 38.5 Å². The Bertz CT molecular complexity index is 357. The molecule has 1 nitrogen and oxygen atoms in total. The zero-order chi connectivity index (χ0) is 10.6. The Morgan fingerprint density at radius 3 is 2.93 bits per heavy atom. The monoisotopic (exact) mass is 364 g/mol. The number of terminal acetylenes is 1. The van der Waals surface area contributed by atoms with Crippen molar-refractivity contribution in [2.45, 2.75) is 18.9 Å². The molecule has 0 saturated carbocycles. The molecular formula is C11H10BrIO. The van der Waals surface area contributed by atoms with Gasteiger partial charge in [0.15, 0.2) is 0 Å². The van der Waals surface area contributed by atoms with Gasteiger partial charge in [-0.2, -0.15) is 0 Å². The smallest absolute Gasteiger partial charge is 0.0810 e. The van der Waals surface area contributed by atoms with Gasteiger partial charge in [0.2, 0.25) is 0 Å². The molecule has 0 aromatic heterocycles. The van der Waals surface area contributed by atoms with Crippen LogP contribution in [0, 0.1) is 15.9 Å². The molecule has 0 bridgehead atoms. The first-order chi connectivity index (χ1) is 6.65. The predicted molar refractivity (Wildman–Crippen MR) is 69.9 cm³/mol. The second kappa shape index (κ2) is 5.74. The van der Waals surface area contributed by atoms with Crippen molar-refractivity contribution in [3.63, 3.8) is 0 Å². The number of aliphatic hydroxyl groups is 1. The Morgan fingerprint density at radius 1 is 1.57 bits per heavy atom. The summed E-state index contributed by atoms with van der Waals surface area (Å²) in [6.07, 6.45) is 5.87. The first kappa shape index (κ1) is 12.0. The van der Waals surface area contributed by atoms with Crippen molar-refractivity contribution in [2.24, 2.45) is 0 Å². The van der Waals surface area contributed by atoms with E-state index in [1.54, 1.807) is 0 Å². The average molecular weight is 365 g/mol. The minimum atomic E-state index is -0.477. The summed E-state index contributed by atoms with van der Waals surface area (Å²) in [5, 5.41) is 9.83. The van der Waals surface area contributed by atoms with Gasteiger partial charge in [0.1, 0.15) is 0 Å². The molecule has 0 aliphatic heterocycles. The van der Waals surface area contributed by atoms with Gasteiger partial charge in [-0.3, -0.25) is 0 Å². The zero-order valence-corrected chi connectivity index (χ0v) is 11.2. The molecule has 14 heavy (non-hydrogen) atoms. The maximum absolute atomic E-state index is 9.83. The Hall–Kier alpha value is -0.0500. The van der Waals surface area contributed by atoms with Gasteiger partial charge >= 0.3 is 0 Å². The molecule has 0 aliphatic rings. The number of halogens is 2. The normalized spacial score (nSPS) is 12.1. The molecule has 1 unspecified atom stereocenters. The third-order valence-electron chi connectivity index (χ3n) is 1.88. The highest BCUT2D eigenvalue weighted by Gasteiger charge is 2.10. The average Bonchev–Trinajstić information content (AvgIpc) is 2.18. The molecule has 0 heterocycles. The molecule has 0 amide bonds. The van der Waals surface area contributed by atoms with Crippen LogP contribution in [-0.4, -0.2) is 5.11 Å². The Kier molecular flexibility index (Phi) is 4.93. The topological polar surface area (TPSA) is 20.2 Å². The fourth-order valence-electron chi connectivity index (χ4n) is 1.15. The third kappa shape index (κ3) is 3.26. The van der Waals surface area contributed by atoms with Gasteiger partial charge in [0.05, 0.1) is 6.10 Å². The highest BCUT2D eigenvalue weighted by Crippen LogP contribution is 2.27. The standard InChI is InChI=1S/C11H10BrIO/c1-2-3-4-11(14)9-7-8(13)5-6-10(9)12/h1,5-7,11,14H,3-4H2. The molecular weight excluding hydrogens is 355 g/mol. The van der Waals surface area contributed by atoms with E-state index in [4.69, 9.17) is 6.42 Å². The van der Waals surface area contributed by atoms with E-state index in [1.165, 1.54) is 0 Å². The van der Waals surface area contributed by atoms with Crippen LogP contribution in [0.5, 0.6) is 0 Å². The van der Waals surface area contributed by atoms with Gasteiger partial charge in [0, 0.05) is 14.5 Å². The van der Waals surface area contributed by atoms with Crippen LogP contribution in [0.15, 0.2) is 22.7 Å². The molecule has 1 rings (SSSR count). The van der Waals surface area contributed by atoms with Gasteiger partial charge in [0.25, 0.3) is 0 Å². The first-order valence-electron chi connectivity index (χ1n) is 4.21. The SMILES string of the molecule is C#CCCC(O)c1cc(I)ccc1Br. The van der Waals surface area contributed by atoms with Gasteiger partial charge in [-0.1, -0.05) is 15.9 Å². The molecule has 1 aromatic carbocycles. The fraction of sp³-hybridized carbons (Fsp3) is 0.273. The van der Waals surface area contributed by atoms with Crippen LogP contribution in [0.3, 0.4) is 0 Å². The predicted octanol–water partition coefficient (Wildman–Crippen LogP) is 3.50. The van der Waals surface area contributed by atoms with E-state index < -0.39 is 6.10 Å². The van der Waals surface area contributed by atoms with Crippen molar-refractivity contribution < 1.29 is 5.11 Å². The summed E-state index contributed by atoms with van der Waals surface area (Å²) in [7, 11) is 0. The van der Waals surface area contributed by atoms with Crippen molar-refractivity contribution >= 4 is 38.5 Å². The largest absolute Gasteiger partial charge is 0.388 e. The lowest BCUT2D eigenvalue weighted by Gasteiger charge is -2.11. The summed E-state index contributed by atoms with van der Waals surface area (Å²) >= 11 is 5.63. The quantitative estimate of drug-likeness (QED) is 0.642. The van der Waals surface area contributed by atoms with E-state index in [2.05, 4.69) is 44.4 Å². The van der Waals surface area contributed by atoms with Crippen molar-refractivity contribution in [1.82, 2.24) is 0 Å². The summed E-state index contributed by atoms with van der Waals surface area (Å²) in [6.45, 7) is 0. The molecule has 0 radical (unpaired) electrons. The van der Waals surface area contributed by atoms with Crippen LogP contribution in [0.4, 0.5) is 0 Å². The van der Waals surface area contributed by atoms with E-state index >= 15 is 0 Å². The van der Waals surface area contributed by atoms with Crippen molar-refractivity contribution in [3.05, 3.63) is 31.8 Å².